The second-order valence-corrected chi connectivity index (χ2v) is 7.45. The van der Waals surface area contributed by atoms with Gasteiger partial charge in [-0.15, -0.1) is 0 Å². The molecule has 2 aromatic rings. The Morgan fingerprint density at radius 2 is 1.41 bits per heavy atom. The summed E-state index contributed by atoms with van der Waals surface area (Å²) in [5.41, 5.74) is 0.997. The molecule has 2 fully saturated rings. The third-order valence-corrected chi connectivity index (χ3v) is 5.53. The van der Waals surface area contributed by atoms with Gasteiger partial charge in [-0.3, -0.25) is 9.59 Å². The van der Waals surface area contributed by atoms with Crippen LogP contribution in [-0.4, -0.2) is 54.4 Å². The number of halogens is 2. The monoisotopic (exact) mass is 400 g/mol. The first-order valence-electron chi connectivity index (χ1n) is 9.71. The number of benzene rings is 2. The van der Waals surface area contributed by atoms with Gasteiger partial charge in [0.1, 0.15) is 17.4 Å². The smallest absolute Gasteiger partial charge is 0.260 e. The first kappa shape index (κ1) is 19.4. The Labute approximate surface area is 167 Å². The molecule has 2 amide bonds. The van der Waals surface area contributed by atoms with Crippen molar-refractivity contribution in [1.29, 1.82) is 0 Å². The molecule has 29 heavy (non-hydrogen) atoms. The summed E-state index contributed by atoms with van der Waals surface area (Å²) in [6.45, 7) is 1.80. The molecule has 7 heteroatoms. The molecule has 4 rings (SSSR count). The number of carbonyl (C=O) groups is 2. The Morgan fingerprint density at radius 3 is 2.03 bits per heavy atom. The number of amides is 2. The number of rotatable bonds is 5. The van der Waals surface area contributed by atoms with Crippen LogP contribution < -0.4 is 4.74 Å². The molecule has 1 saturated heterocycles. The molecule has 2 aromatic carbocycles. The van der Waals surface area contributed by atoms with E-state index in [0.29, 0.717) is 31.9 Å². The summed E-state index contributed by atoms with van der Waals surface area (Å²) in [6, 6.07) is 11.8. The van der Waals surface area contributed by atoms with Crippen LogP contribution in [0.3, 0.4) is 0 Å². The van der Waals surface area contributed by atoms with Crippen molar-refractivity contribution in [3.05, 3.63) is 65.7 Å². The van der Waals surface area contributed by atoms with Crippen molar-refractivity contribution in [2.45, 2.75) is 12.3 Å². The third kappa shape index (κ3) is 4.55. The molecule has 0 N–H and O–H groups in total. The van der Waals surface area contributed by atoms with Crippen LogP contribution in [0.2, 0.25) is 0 Å². The lowest BCUT2D eigenvalue weighted by molar-refractivity contribution is -0.141. The van der Waals surface area contributed by atoms with Crippen molar-refractivity contribution in [2.75, 3.05) is 32.8 Å². The van der Waals surface area contributed by atoms with E-state index in [1.807, 2.05) is 0 Å². The van der Waals surface area contributed by atoms with E-state index in [1.54, 1.807) is 21.9 Å². The van der Waals surface area contributed by atoms with E-state index in [0.717, 1.165) is 12.0 Å². The maximum Gasteiger partial charge on any atom is 0.260 e. The van der Waals surface area contributed by atoms with Gasteiger partial charge in [-0.1, -0.05) is 12.1 Å². The van der Waals surface area contributed by atoms with Crippen LogP contribution in [-0.2, 0) is 9.59 Å². The summed E-state index contributed by atoms with van der Waals surface area (Å²) in [5.74, 6) is -0.139. The number of nitrogens with zero attached hydrogens (tertiary/aromatic N) is 2. The maximum atomic E-state index is 13.1. The SMILES string of the molecule is O=C(COc1ccc(F)cc1)N1CCN(C(=O)C2CC2c2ccc(F)cc2)CC1. The zero-order chi connectivity index (χ0) is 20.4. The molecular formula is C22H22F2N2O3. The van der Waals surface area contributed by atoms with E-state index >= 15 is 0 Å². The molecule has 5 nitrogen and oxygen atoms in total. The molecule has 1 aliphatic carbocycles. The molecule has 2 aliphatic rings. The Balaban J connectivity index is 1.23. The molecule has 0 bridgehead atoms. The highest BCUT2D eigenvalue weighted by atomic mass is 19.1. The Kier molecular flexibility index (Phi) is 5.47. The van der Waals surface area contributed by atoms with Crippen molar-refractivity contribution >= 4 is 11.8 Å². The zero-order valence-electron chi connectivity index (χ0n) is 15.9. The van der Waals surface area contributed by atoms with Crippen LogP contribution in [0.1, 0.15) is 17.9 Å². The fraction of sp³-hybridized carbons (Fsp3) is 0.364. The first-order chi connectivity index (χ1) is 14.0. The molecular weight excluding hydrogens is 378 g/mol. The molecule has 0 radical (unpaired) electrons. The number of piperazine rings is 1. The van der Waals surface area contributed by atoms with E-state index in [1.165, 1.54) is 36.4 Å². The minimum absolute atomic E-state index is 0.0514. The Bertz CT molecular complexity index is 878. The molecule has 2 atom stereocenters. The summed E-state index contributed by atoms with van der Waals surface area (Å²) in [4.78, 5) is 28.5. The quantitative estimate of drug-likeness (QED) is 0.776. The lowest BCUT2D eigenvalue weighted by atomic mass is 10.1. The summed E-state index contributed by atoms with van der Waals surface area (Å²) < 4.78 is 31.4. The van der Waals surface area contributed by atoms with Crippen molar-refractivity contribution in [2.24, 2.45) is 5.92 Å². The minimum atomic E-state index is -0.359. The van der Waals surface area contributed by atoms with Crippen molar-refractivity contribution in [3.63, 3.8) is 0 Å². The predicted octanol–water partition coefficient (Wildman–Crippen LogP) is 2.82. The minimum Gasteiger partial charge on any atom is -0.484 e. The van der Waals surface area contributed by atoms with Crippen LogP contribution >= 0.6 is 0 Å². The van der Waals surface area contributed by atoms with Gasteiger partial charge in [0, 0.05) is 32.1 Å². The van der Waals surface area contributed by atoms with Crippen molar-refractivity contribution in [1.82, 2.24) is 9.80 Å². The van der Waals surface area contributed by atoms with Gasteiger partial charge in [0.2, 0.25) is 5.91 Å². The number of hydrogen-bond donors (Lipinski definition) is 0. The fourth-order valence-corrected chi connectivity index (χ4v) is 3.72. The van der Waals surface area contributed by atoms with Gasteiger partial charge in [-0.25, -0.2) is 8.78 Å². The van der Waals surface area contributed by atoms with Crippen LogP contribution in [0.15, 0.2) is 48.5 Å². The lowest BCUT2D eigenvalue weighted by Crippen LogP contribution is -2.52. The molecule has 0 aromatic heterocycles. The Hall–Kier alpha value is -2.96. The highest BCUT2D eigenvalue weighted by Gasteiger charge is 2.46. The van der Waals surface area contributed by atoms with Gasteiger partial charge in [0.15, 0.2) is 6.61 Å². The van der Waals surface area contributed by atoms with E-state index in [4.69, 9.17) is 4.74 Å². The first-order valence-corrected chi connectivity index (χ1v) is 9.71. The molecule has 0 spiro atoms. The van der Waals surface area contributed by atoms with Crippen LogP contribution in [0.4, 0.5) is 8.78 Å². The average molecular weight is 400 g/mol. The number of carbonyl (C=O) groups excluding carboxylic acids is 2. The van der Waals surface area contributed by atoms with E-state index < -0.39 is 0 Å². The fourth-order valence-electron chi connectivity index (χ4n) is 3.72. The summed E-state index contributed by atoms with van der Waals surface area (Å²) >= 11 is 0. The van der Waals surface area contributed by atoms with E-state index in [-0.39, 0.29) is 41.9 Å². The Morgan fingerprint density at radius 1 is 0.862 bits per heavy atom. The van der Waals surface area contributed by atoms with Gasteiger partial charge in [0.25, 0.3) is 5.91 Å². The summed E-state index contributed by atoms with van der Waals surface area (Å²) in [6.07, 6.45) is 0.787. The van der Waals surface area contributed by atoms with Gasteiger partial charge >= 0.3 is 0 Å². The average Bonchev–Trinajstić information content (AvgIpc) is 3.54. The highest BCUT2D eigenvalue weighted by Crippen LogP contribution is 2.48. The number of hydrogen-bond acceptors (Lipinski definition) is 3. The van der Waals surface area contributed by atoms with Crippen LogP contribution in [0.25, 0.3) is 0 Å². The third-order valence-electron chi connectivity index (χ3n) is 5.53. The summed E-state index contributed by atoms with van der Waals surface area (Å²) in [7, 11) is 0. The molecule has 1 aliphatic heterocycles. The predicted molar refractivity (Wildman–Crippen MR) is 102 cm³/mol. The molecule has 1 heterocycles. The lowest BCUT2D eigenvalue weighted by Gasteiger charge is -2.35. The van der Waals surface area contributed by atoms with Crippen LogP contribution in [0.5, 0.6) is 5.75 Å². The van der Waals surface area contributed by atoms with Gasteiger partial charge in [0.05, 0.1) is 0 Å². The van der Waals surface area contributed by atoms with Gasteiger partial charge in [-0.05, 0) is 54.3 Å². The van der Waals surface area contributed by atoms with Gasteiger partial charge < -0.3 is 14.5 Å². The van der Waals surface area contributed by atoms with Crippen molar-refractivity contribution in [3.8, 4) is 5.75 Å². The molecule has 152 valence electrons. The normalized spacial score (nSPS) is 21.0. The molecule has 1 saturated carbocycles. The summed E-state index contributed by atoms with van der Waals surface area (Å²) in [5, 5.41) is 0. The molecule has 2 unspecified atom stereocenters. The largest absolute Gasteiger partial charge is 0.484 e. The standard InChI is InChI=1S/C22H22F2N2O3/c23-16-3-1-15(2-4-16)19-13-20(19)22(28)26-11-9-25(10-12-26)21(27)14-29-18-7-5-17(24)6-8-18/h1-8,19-20H,9-14H2. The topological polar surface area (TPSA) is 49.9 Å². The zero-order valence-corrected chi connectivity index (χ0v) is 15.9. The van der Waals surface area contributed by atoms with Crippen LogP contribution in [0, 0.1) is 17.6 Å². The highest BCUT2D eigenvalue weighted by molar-refractivity contribution is 5.83. The van der Waals surface area contributed by atoms with Crippen molar-refractivity contribution < 1.29 is 23.1 Å². The second kappa shape index (κ2) is 8.19. The van der Waals surface area contributed by atoms with E-state index in [9.17, 15) is 18.4 Å². The maximum absolute atomic E-state index is 13.1. The van der Waals surface area contributed by atoms with Gasteiger partial charge in [-0.2, -0.15) is 0 Å². The van der Waals surface area contributed by atoms with E-state index in [2.05, 4.69) is 0 Å². The second-order valence-electron chi connectivity index (χ2n) is 7.45. The number of ether oxygens (including phenoxy) is 1.